The van der Waals surface area contributed by atoms with Crippen molar-refractivity contribution in [3.63, 3.8) is 0 Å². The van der Waals surface area contributed by atoms with Gasteiger partial charge in [0, 0.05) is 39.5 Å². The molecule has 0 aliphatic carbocycles. The Kier molecular flexibility index (Phi) is 2.38. The topological polar surface area (TPSA) is 3.24 Å². The lowest BCUT2D eigenvalue weighted by Crippen LogP contribution is -1.98. The fourth-order valence-electron chi connectivity index (χ4n) is 1.34. The maximum absolute atomic E-state index is 2.41. The third-order valence-corrected chi connectivity index (χ3v) is 3.58. The van der Waals surface area contributed by atoms with Gasteiger partial charge in [-0.1, -0.05) is 12.1 Å². The van der Waals surface area contributed by atoms with Crippen LogP contribution in [-0.4, -0.2) is 3.11 Å². The second-order valence-corrected chi connectivity index (χ2v) is 5.18. The summed E-state index contributed by atoms with van der Waals surface area (Å²) in [6, 6.07) is 6.53. The van der Waals surface area contributed by atoms with E-state index in [-0.39, 0.29) is 0 Å². The first-order chi connectivity index (χ1) is 5.27. The molecule has 2 rings (SSSR count). The fourth-order valence-corrected chi connectivity index (χ4v) is 2.77. The summed E-state index contributed by atoms with van der Waals surface area (Å²) in [5.74, 6) is 0. The monoisotopic (exact) mass is 371 g/mol. The van der Waals surface area contributed by atoms with Crippen molar-refractivity contribution < 1.29 is 0 Å². The first-order valence-corrected chi connectivity index (χ1v) is 5.49. The second kappa shape index (κ2) is 3.18. The molecule has 0 fully saturated rings. The molecule has 1 aliphatic heterocycles. The van der Waals surface area contributed by atoms with E-state index in [0.717, 1.165) is 13.1 Å². The zero-order valence-corrected chi connectivity index (χ0v) is 10.2. The van der Waals surface area contributed by atoms with Crippen molar-refractivity contribution in [2.75, 3.05) is 0 Å². The minimum absolute atomic E-state index is 1.10. The highest BCUT2D eigenvalue weighted by Gasteiger charge is 2.17. The van der Waals surface area contributed by atoms with Crippen LogP contribution < -0.4 is 0 Å². The van der Waals surface area contributed by atoms with E-state index in [9.17, 15) is 0 Å². The largest absolute Gasteiger partial charge is 0.239 e. The third-order valence-electron chi connectivity index (χ3n) is 1.89. The molecule has 58 valence electrons. The Hall–Kier alpha value is 0.640. The molecule has 0 unspecified atom stereocenters. The number of halogens is 2. The van der Waals surface area contributed by atoms with Gasteiger partial charge in [0.25, 0.3) is 0 Å². The van der Waals surface area contributed by atoms with Crippen LogP contribution in [0.1, 0.15) is 11.1 Å². The molecule has 0 radical (unpaired) electrons. The number of hydrogen-bond acceptors (Lipinski definition) is 1. The molecule has 1 heterocycles. The molecule has 0 N–H and O–H groups in total. The van der Waals surface area contributed by atoms with Gasteiger partial charge in [-0.25, -0.2) is 3.11 Å². The Balaban J connectivity index is 2.49. The molecular formula is C8H7I2N. The molecule has 1 aromatic rings. The highest BCUT2D eigenvalue weighted by molar-refractivity contribution is 14.1. The molecule has 0 amide bonds. The zero-order chi connectivity index (χ0) is 7.84. The summed E-state index contributed by atoms with van der Waals surface area (Å²) in [5, 5.41) is 0. The maximum atomic E-state index is 2.41. The Labute approximate surface area is 93.8 Å². The van der Waals surface area contributed by atoms with Crippen molar-refractivity contribution >= 4 is 45.5 Å². The molecular weight excluding hydrogens is 364 g/mol. The van der Waals surface area contributed by atoms with Gasteiger partial charge in [-0.2, -0.15) is 0 Å². The molecule has 0 aromatic heterocycles. The van der Waals surface area contributed by atoms with E-state index >= 15 is 0 Å². The lowest BCUT2D eigenvalue weighted by molar-refractivity contribution is 0.553. The molecule has 0 spiro atoms. The van der Waals surface area contributed by atoms with Crippen LogP contribution in [0, 0.1) is 3.57 Å². The number of nitrogens with zero attached hydrogens (tertiary/aromatic N) is 1. The Morgan fingerprint density at radius 2 is 2.09 bits per heavy atom. The molecule has 0 bridgehead atoms. The molecule has 11 heavy (non-hydrogen) atoms. The lowest BCUT2D eigenvalue weighted by Gasteiger charge is -2.00. The minimum atomic E-state index is 1.10. The van der Waals surface area contributed by atoms with Gasteiger partial charge in [-0.05, 0) is 39.8 Å². The van der Waals surface area contributed by atoms with Crippen LogP contribution in [0.2, 0.25) is 0 Å². The summed E-state index contributed by atoms with van der Waals surface area (Å²) in [6.45, 7) is 2.21. The van der Waals surface area contributed by atoms with Gasteiger partial charge in [-0.3, -0.25) is 0 Å². The van der Waals surface area contributed by atoms with Crippen LogP contribution in [0.25, 0.3) is 0 Å². The highest BCUT2D eigenvalue weighted by Crippen LogP contribution is 2.28. The summed E-state index contributed by atoms with van der Waals surface area (Å²) in [5.41, 5.74) is 3.01. The first-order valence-electron chi connectivity index (χ1n) is 3.44. The van der Waals surface area contributed by atoms with Crippen LogP contribution in [-0.2, 0) is 13.1 Å². The second-order valence-electron chi connectivity index (χ2n) is 2.66. The summed E-state index contributed by atoms with van der Waals surface area (Å²) in [4.78, 5) is 0. The maximum Gasteiger partial charge on any atom is 0.0349 e. The van der Waals surface area contributed by atoms with Crippen LogP contribution >= 0.6 is 45.5 Å². The van der Waals surface area contributed by atoms with E-state index in [0.29, 0.717) is 0 Å². The molecule has 3 heteroatoms. The van der Waals surface area contributed by atoms with E-state index in [1.807, 2.05) is 0 Å². The van der Waals surface area contributed by atoms with E-state index in [2.05, 4.69) is 66.8 Å². The molecule has 0 saturated heterocycles. The number of fused-ring (bicyclic) bond motifs is 1. The van der Waals surface area contributed by atoms with Crippen molar-refractivity contribution in [3.8, 4) is 0 Å². The Morgan fingerprint density at radius 3 is 2.82 bits per heavy atom. The Bertz CT molecular complexity index is 285. The molecule has 1 aromatic carbocycles. The molecule has 0 saturated carbocycles. The molecule has 1 nitrogen and oxygen atoms in total. The van der Waals surface area contributed by atoms with Gasteiger partial charge in [0.15, 0.2) is 0 Å². The average molecular weight is 371 g/mol. The first kappa shape index (κ1) is 8.25. The van der Waals surface area contributed by atoms with Crippen molar-refractivity contribution in [2.45, 2.75) is 13.1 Å². The van der Waals surface area contributed by atoms with Gasteiger partial charge >= 0.3 is 0 Å². The third kappa shape index (κ3) is 1.55. The fraction of sp³-hybridized carbons (Fsp3) is 0.250. The van der Waals surface area contributed by atoms with Crippen molar-refractivity contribution in [2.24, 2.45) is 0 Å². The van der Waals surface area contributed by atoms with Crippen LogP contribution in [0.5, 0.6) is 0 Å². The number of benzene rings is 1. The summed E-state index contributed by atoms with van der Waals surface area (Å²) >= 11 is 4.78. The van der Waals surface area contributed by atoms with Gasteiger partial charge in [-0.15, -0.1) is 0 Å². The van der Waals surface area contributed by atoms with Crippen molar-refractivity contribution in [3.05, 3.63) is 32.9 Å². The van der Waals surface area contributed by atoms with Crippen LogP contribution in [0.15, 0.2) is 18.2 Å². The van der Waals surface area contributed by atoms with E-state index < -0.39 is 0 Å². The average Bonchev–Trinajstić information content (AvgIpc) is 2.31. The summed E-state index contributed by atoms with van der Waals surface area (Å²) in [7, 11) is 0. The standard InChI is InChI=1S/C8H7I2N/c9-8-3-1-2-6-4-11(10)5-7(6)8/h1-3H,4-5H2. The number of hydrogen-bond donors (Lipinski definition) is 0. The minimum Gasteiger partial charge on any atom is -0.239 e. The van der Waals surface area contributed by atoms with Crippen LogP contribution in [0.3, 0.4) is 0 Å². The highest BCUT2D eigenvalue weighted by atomic mass is 127. The predicted molar refractivity (Wildman–Crippen MR) is 62.4 cm³/mol. The van der Waals surface area contributed by atoms with Crippen molar-refractivity contribution in [1.29, 1.82) is 0 Å². The quantitative estimate of drug-likeness (QED) is 0.501. The number of rotatable bonds is 0. The molecule has 0 atom stereocenters. The normalized spacial score (nSPS) is 16.9. The van der Waals surface area contributed by atoms with Crippen LogP contribution in [0.4, 0.5) is 0 Å². The van der Waals surface area contributed by atoms with Gasteiger partial charge in [0.2, 0.25) is 0 Å². The van der Waals surface area contributed by atoms with Gasteiger partial charge < -0.3 is 0 Å². The van der Waals surface area contributed by atoms with E-state index in [1.165, 1.54) is 14.7 Å². The SMILES string of the molecule is Ic1cccc2c1CN(I)C2. The smallest absolute Gasteiger partial charge is 0.0349 e. The summed E-state index contributed by atoms with van der Waals surface area (Å²) in [6.07, 6.45) is 0. The van der Waals surface area contributed by atoms with E-state index in [4.69, 9.17) is 0 Å². The molecule has 1 aliphatic rings. The van der Waals surface area contributed by atoms with Gasteiger partial charge in [0.05, 0.1) is 0 Å². The van der Waals surface area contributed by atoms with E-state index in [1.54, 1.807) is 0 Å². The zero-order valence-electron chi connectivity index (χ0n) is 5.85. The van der Waals surface area contributed by atoms with Crippen molar-refractivity contribution in [1.82, 2.24) is 3.11 Å². The summed E-state index contributed by atoms with van der Waals surface area (Å²) < 4.78 is 3.71. The predicted octanol–water partition coefficient (Wildman–Crippen LogP) is 2.96. The lowest BCUT2D eigenvalue weighted by atomic mass is 10.1. The Morgan fingerprint density at radius 1 is 1.27 bits per heavy atom. The van der Waals surface area contributed by atoms with Gasteiger partial charge in [0.1, 0.15) is 0 Å².